The van der Waals surface area contributed by atoms with Crippen LogP contribution in [0, 0.1) is 0 Å². The van der Waals surface area contributed by atoms with Crippen molar-refractivity contribution >= 4 is 55.4 Å². The number of carbonyl (C=O) groups is 1. The van der Waals surface area contributed by atoms with Gasteiger partial charge in [0, 0.05) is 10.7 Å². The highest BCUT2D eigenvalue weighted by atomic mass is 79.9. The lowest BCUT2D eigenvalue weighted by Gasteiger charge is -2.03. The van der Waals surface area contributed by atoms with Gasteiger partial charge in [-0.15, -0.1) is 0 Å². The van der Waals surface area contributed by atoms with E-state index in [-0.39, 0.29) is 0 Å². The number of hydrogen-bond acceptors (Lipinski definition) is 4. The summed E-state index contributed by atoms with van der Waals surface area (Å²) in [6.07, 6.45) is 2.59. The van der Waals surface area contributed by atoms with Crippen LogP contribution in [0.1, 0.15) is 10.5 Å². The normalized spacial score (nSPS) is 10.9. The summed E-state index contributed by atoms with van der Waals surface area (Å²) < 4.78 is 8.58. The van der Waals surface area contributed by atoms with E-state index < -0.39 is 0 Å². The van der Waals surface area contributed by atoms with Gasteiger partial charge in [-0.2, -0.15) is 0 Å². The molecule has 0 saturated heterocycles. The van der Waals surface area contributed by atoms with Gasteiger partial charge in [0.2, 0.25) is 0 Å². The average Bonchev–Trinajstić information content (AvgIpc) is 3.08. The van der Waals surface area contributed by atoms with Gasteiger partial charge in [-0.05, 0) is 34.1 Å². The molecule has 20 heavy (non-hydrogen) atoms. The minimum Gasteiger partial charge on any atom is -0.495 e. The Morgan fingerprint density at radius 2 is 2.35 bits per heavy atom. The summed E-state index contributed by atoms with van der Waals surface area (Å²) in [5, 5.41) is 1.21. The summed E-state index contributed by atoms with van der Waals surface area (Å²) in [6, 6.07) is 5.31. The number of fused-ring (bicyclic) bond motifs is 1. The predicted molar refractivity (Wildman–Crippen MR) is 83.6 cm³/mol. The van der Waals surface area contributed by atoms with Crippen molar-refractivity contribution < 1.29 is 9.53 Å². The highest BCUT2D eigenvalue weighted by molar-refractivity contribution is 9.10. The molecule has 0 radical (unpaired) electrons. The smallest absolute Gasteiger partial charge is 0.195 e. The molecule has 2 heterocycles. The van der Waals surface area contributed by atoms with Gasteiger partial charge in [0.15, 0.2) is 11.4 Å². The number of carbonyl (C=O) groups excluding carboxylic acids is 1. The fourth-order valence-electron chi connectivity index (χ4n) is 1.89. The Morgan fingerprint density at radius 1 is 1.55 bits per heavy atom. The standard InChI is InChI=1S/C13H8BrClN2O2S/c1-19-9-5-8(14)11-12(10(9)15)20-13(16-11)17-4-2-3-7(17)6-18/h2-6H,1H3. The SMILES string of the molecule is COc1cc(Br)c2nc(-n3cccc3C=O)sc2c1Cl. The zero-order valence-corrected chi connectivity index (χ0v) is 13.4. The molecule has 0 atom stereocenters. The van der Waals surface area contributed by atoms with Gasteiger partial charge in [0.1, 0.15) is 10.8 Å². The van der Waals surface area contributed by atoms with Gasteiger partial charge in [-0.25, -0.2) is 4.98 Å². The highest BCUT2D eigenvalue weighted by Crippen LogP contribution is 2.41. The fraction of sp³-hybridized carbons (Fsp3) is 0.0769. The molecule has 1 aromatic carbocycles. The zero-order chi connectivity index (χ0) is 14.3. The van der Waals surface area contributed by atoms with Crippen LogP contribution in [0.15, 0.2) is 28.9 Å². The first-order valence-electron chi connectivity index (χ1n) is 5.61. The van der Waals surface area contributed by atoms with E-state index in [1.165, 1.54) is 11.3 Å². The summed E-state index contributed by atoms with van der Waals surface area (Å²) in [5.74, 6) is 0.587. The van der Waals surface area contributed by atoms with Crippen LogP contribution in [0.4, 0.5) is 0 Å². The van der Waals surface area contributed by atoms with E-state index >= 15 is 0 Å². The van der Waals surface area contributed by atoms with Gasteiger partial charge in [-0.1, -0.05) is 22.9 Å². The van der Waals surface area contributed by atoms with Gasteiger partial charge >= 0.3 is 0 Å². The fourth-order valence-corrected chi connectivity index (χ4v) is 3.88. The molecule has 0 unspecified atom stereocenters. The number of aldehydes is 1. The van der Waals surface area contributed by atoms with Crippen LogP contribution >= 0.6 is 38.9 Å². The zero-order valence-electron chi connectivity index (χ0n) is 10.3. The Bertz CT molecular complexity index is 812. The summed E-state index contributed by atoms with van der Waals surface area (Å²) in [5.41, 5.74) is 1.30. The first kappa shape index (κ1) is 13.6. The molecular weight excluding hydrogens is 364 g/mol. The lowest BCUT2D eigenvalue weighted by Crippen LogP contribution is -1.96. The van der Waals surface area contributed by atoms with Crippen LogP contribution in [0.5, 0.6) is 5.75 Å². The summed E-state index contributed by atoms with van der Waals surface area (Å²) >= 11 is 11.2. The second kappa shape index (κ2) is 5.20. The second-order valence-electron chi connectivity index (χ2n) is 3.97. The molecule has 0 bridgehead atoms. The Hall–Kier alpha value is -1.37. The number of benzene rings is 1. The second-order valence-corrected chi connectivity index (χ2v) is 6.18. The minimum atomic E-state index is 0.522. The number of aromatic nitrogens is 2. The molecule has 0 aliphatic rings. The molecule has 0 fully saturated rings. The number of methoxy groups -OCH3 is 1. The van der Waals surface area contributed by atoms with Crippen molar-refractivity contribution in [2.24, 2.45) is 0 Å². The van der Waals surface area contributed by atoms with Crippen LogP contribution in [0.3, 0.4) is 0 Å². The molecule has 3 rings (SSSR count). The molecule has 0 N–H and O–H groups in total. The van der Waals surface area contributed by atoms with Crippen LogP contribution in [0.2, 0.25) is 5.02 Å². The molecular formula is C13H8BrClN2O2S. The predicted octanol–water partition coefficient (Wildman–Crippen LogP) is 4.32. The number of nitrogens with zero attached hydrogens (tertiary/aromatic N) is 2. The highest BCUT2D eigenvalue weighted by Gasteiger charge is 2.16. The summed E-state index contributed by atoms with van der Waals surface area (Å²) in [7, 11) is 1.57. The first-order valence-corrected chi connectivity index (χ1v) is 7.60. The summed E-state index contributed by atoms with van der Waals surface area (Å²) in [4.78, 5) is 15.5. The lowest BCUT2D eigenvalue weighted by molar-refractivity contribution is 0.111. The van der Waals surface area contributed by atoms with E-state index in [2.05, 4.69) is 20.9 Å². The molecule has 2 aromatic heterocycles. The summed E-state index contributed by atoms with van der Waals surface area (Å²) in [6.45, 7) is 0. The molecule has 0 aliphatic carbocycles. The Kier molecular flexibility index (Phi) is 3.54. The molecule has 0 spiro atoms. The van der Waals surface area contributed by atoms with Crippen molar-refractivity contribution in [2.45, 2.75) is 0 Å². The van der Waals surface area contributed by atoms with Gasteiger partial charge < -0.3 is 4.74 Å². The topological polar surface area (TPSA) is 44.1 Å². The maximum absolute atomic E-state index is 11.0. The van der Waals surface area contributed by atoms with Crippen molar-refractivity contribution in [1.82, 2.24) is 9.55 Å². The van der Waals surface area contributed by atoms with Crippen LogP contribution < -0.4 is 4.74 Å². The molecule has 0 saturated carbocycles. The van der Waals surface area contributed by atoms with E-state index in [1.807, 2.05) is 0 Å². The number of thiazole rings is 1. The molecule has 0 aliphatic heterocycles. The van der Waals surface area contributed by atoms with Gasteiger partial charge in [0.05, 0.1) is 23.0 Å². The Labute approximate surface area is 132 Å². The molecule has 7 heteroatoms. The molecule has 0 amide bonds. The average molecular weight is 372 g/mol. The van der Waals surface area contributed by atoms with Crippen LogP contribution in [-0.2, 0) is 0 Å². The van der Waals surface area contributed by atoms with E-state index in [4.69, 9.17) is 16.3 Å². The first-order chi connectivity index (χ1) is 9.65. The lowest BCUT2D eigenvalue weighted by atomic mass is 10.3. The van der Waals surface area contributed by atoms with E-state index in [0.29, 0.717) is 21.6 Å². The van der Waals surface area contributed by atoms with E-state index in [1.54, 1.807) is 36.1 Å². The third-order valence-corrected chi connectivity index (χ3v) is 5.01. The Balaban J connectivity index is 2.28. The largest absolute Gasteiger partial charge is 0.495 e. The van der Waals surface area contributed by atoms with Crippen LogP contribution in [0.25, 0.3) is 15.3 Å². The van der Waals surface area contributed by atoms with Crippen molar-refractivity contribution in [2.75, 3.05) is 7.11 Å². The third kappa shape index (κ3) is 2.04. The monoisotopic (exact) mass is 370 g/mol. The minimum absolute atomic E-state index is 0.522. The number of ether oxygens (including phenoxy) is 1. The van der Waals surface area contributed by atoms with Crippen molar-refractivity contribution in [1.29, 1.82) is 0 Å². The number of hydrogen-bond donors (Lipinski definition) is 0. The maximum Gasteiger partial charge on any atom is 0.195 e. The van der Waals surface area contributed by atoms with Gasteiger partial charge in [-0.3, -0.25) is 9.36 Å². The quantitative estimate of drug-likeness (QED) is 0.644. The molecule has 3 aromatic rings. The van der Waals surface area contributed by atoms with Crippen LogP contribution in [-0.4, -0.2) is 22.9 Å². The number of halogens is 2. The van der Waals surface area contributed by atoms with E-state index in [9.17, 15) is 4.79 Å². The maximum atomic E-state index is 11.0. The third-order valence-electron chi connectivity index (χ3n) is 2.84. The molecule has 102 valence electrons. The van der Waals surface area contributed by atoms with E-state index in [0.717, 1.165) is 21.0 Å². The number of rotatable bonds is 3. The van der Waals surface area contributed by atoms with Crippen molar-refractivity contribution in [3.05, 3.63) is 39.6 Å². The molecule has 4 nitrogen and oxygen atoms in total. The van der Waals surface area contributed by atoms with Gasteiger partial charge in [0.25, 0.3) is 0 Å². The van der Waals surface area contributed by atoms with Crippen molar-refractivity contribution in [3.8, 4) is 10.9 Å². The Morgan fingerprint density at radius 3 is 3.05 bits per heavy atom. The van der Waals surface area contributed by atoms with Crippen molar-refractivity contribution in [3.63, 3.8) is 0 Å².